The number of hydrogen-bond acceptors (Lipinski definition) is 8. The molecule has 2 fully saturated rings. The second-order valence-corrected chi connectivity index (χ2v) is 13.2. The molecule has 1 aliphatic carbocycles. The number of carbonyl (C=O) groups excluding carboxylic acids is 2. The molecule has 0 bridgehead atoms. The van der Waals surface area contributed by atoms with Crippen LogP contribution in [0, 0.1) is 0 Å². The minimum absolute atomic E-state index is 0.0312. The predicted octanol–water partition coefficient (Wildman–Crippen LogP) is 4.79. The molecule has 0 unspecified atom stereocenters. The number of rotatable bonds is 9. The third-order valence-corrected chi connectivity index (χ3v) is 10.3. The van der Waals surface area contributed by atoms with Gasteiger partial charge in [0.05, 0.1) is 23.9 Å². The first-order chi connectivity index (χ1) is 19.8. The van der Waals surface area contributed by atoms with E-state index in [-0.39, 0.29) is 28.4 Å². The lowest BCUT2D eigenvalue weighted by molar-refractivity contribution is -0.113. The van der Waals surface area contributed by atoms with Crippen LogP contribution in [0.2, 0.25) is 0 Å². The van der Waals surface area contributed by atoms with E-state index in [0.29, 0.717) is 54.1 Å². The summed E-state index contributed by atoms with van der Waals surface area (Å²) < 4.78 is 35.6. The summed E-state index contributed by atoms with van der Waals surface area (Å²) in [6, 6.07) is 13.9. The number of Topliss-reactive ketones (excluding diaryl/α,β-unsaturated/α-hetero) is 1. The zero-order valence-corrected chi connectivity index (χ0v) is 24.8. The van der Waals surface area contributed by atoms with Crippen LogP contribution in [0.5, 0.6) is 0 Å². The molecule has 0 spiro atoms. The average Bonchev–Trinajstić information content (AvgIpc) is 3.22. The van der Waals surface area contributed by atoms with E-state index in [0.717, 1.165) is 25.7 Å². The number of ketones is 1. The molecule has 2 aliphatic rings. The summed E-state index contributed by atoms with van der Waals surface area (Å²) in [6.45, 7) is 2.92. The minimum Gasteiger partial charge on any atom is -0.379 e. The number of amides is 1. The van der Waals surface area contributed by atoms with Gasteiger partial charge in [0.15, 0.2) is 16.8 Å². The molecular formula is C29H35N5O5S2. The summed E-state index contributed by atoms with van der Waals surface area (Å²) in [5.41, 5.74) is 1.88. The standard InChI is InChI=1S/C29H35N5O5S2/c1-21(35)22-11-13-24(14-12-22)30-27(36)20-40-29-32-31-28(34(29)25-8-4-2-3-5-9-25)23-7-6-10-26(19-23)41(37,38)33-15-17-39-18-16-33/h6-7,10-14,19,25H,2-5,8-9,15-18,20H2,1H3,(H,30,36). The number of carbonyl (C=O) groups is 2. The van der Waals surface area contributed by atoms with Gasteiger partial charge in [-0.25, -0.2) is 8.42 Å². The fraction of sp³-hybridized carbons (Fsp3) is 0.448. The van der Waals surface area contributed by atoms with Gasteiger partial charge in [-0.15, -0.1) is 10.2 Å². The highest BCUT2D eigenvalue weighted by molar-refractivity contribution is 7.99. The molecule has 218 valence electrons. The van der Waals surface area contributed by atoms with Crippen molar-refractivity contribution in [2.24, 2.45) is 0 Å². The van der Waals surface area contributed by atoms with E-state index < -0.39 is 10.0 Å². The maximum Gasteiger partial charge on any atom is 0.243 e. The first kappa shape index (κ1) is 29.4. The molecule has 0 atom stereocenters. The first-order valence-corrected chi connectivity index (χ1v) is 16.4. The maximum absolute atomic E-state index is 13.3. The second kappa shape index (κ2) is 13.3. The monoisotopic (exact) mass is 597 g/mol. The molecule has 1 N–H and O–H groups in total. The molecule has 1 saturated carbocycles. The van der Waals surface area contributed by atoms with Crippen molar-refractivity contribution in [3.8, 4) is 11.4 Å². The van der Waals surface area contributed by atoms with Gasteiger partial charge in [-0.1, -0.05) is 49.6 Å². The Balaban J connectivity index is 1.39. The minimum atomic E-state index is -3.67. The number of nitrogens with one attached hydrogen (secondary N) is 1. The summed E-state index contributed by atoms with van der Waals surface area (Å²) in [5.74, 6) is 0.515. The molecule has 41 heavy (non-hydrogen) atoms. The summed E-state index contributed by atoms with van der Waals surface area (Å²) in [5, 5.41) is 12.5. The quantitative estimate of drug-likeness (QED) is 0.212. The first-order valence-electron chi connectivity index (χ1n) is 14.0. The van der Waals surface area contributed by atoms with Gasteiger partial charge >= 0.3 is 0 Å². The molecule has 1 saturated heterocycles. The zero-order chi connectivity index (χ0) is 28.8. The molecular weight excluding hydrogens is 562 g/mol. The van der Waals surface area contributed by atoms with Crippen LogP contribution in [0.4, 0.5) is 5.69 Å². The highest BCUT2D eigenvalue weighted by atomic mass is 32.2. The maximum atomic E-state index is 13.3. The Morgan fingerprint density at radius 1 is 1.00 bits per heavy atom. The van der Waals surface area contributed by atoms with Crippen LogP contribution >= 0.6 is 11.8 Å². The average molecular weight is 598 g/mol. The van der Waals surface area contributed by atoms with Crippen LogP contribution in [-0.4, -0.2) is 71.2 Å². The molecule has 1 aromatic heterocycles. The highest BCUT2D eigenvalue weighted by Crippen LogP contribution is 2.35. The lowest BCUT2D eigenvalue weighted by Gasteiger charge is -2.26. The zero-order valence-electron chi connectivity index (χ0n) is 23.1. The normalized spacial score (nSPS) is 17.2. The smallest absolute Gasteiger partial charge is 0.243 e. The van der Waals surface area contributed by atoms with Crippen molar-refractivity contribution >= 4 is 39.2 Å². The van der Waals surface area contributed by atoms with Gasteiger partial charge in [0.25, 0.3) is 0 Å². The summed E-state index contributed by atoms with van der Waals surface area (Å²) >= 11 is 1.31. The molecule has 12 heteroatoms. The number of nitrogens with zero attached hydrogens (tertiary/aromatic N) is 4. The second-order valence-electron chi connectivity index (χ2n) is 10.3. The van der Waals surface area contributed by atoms with E-state index in [4.69, 9.17) is 4.74 Å². The van der Waals surface area contributed by atoms with E-state index in [1.165, 1.54) is 35.8 Å². The van der Waals surface area contributed by atoms with Crippen LogP contribution in [0.15, 0.2) is 58.6 Å². The lowest BCUT2D eigenvalue weighted by Crippen LogP contribution is -2.40. The Morgan fingerprint density at radius 3 is 2.39 bits per heavy atom. The molecule has 2 heterocycles. The largest absolute Gasteiger partial charge is 0.379 e. The van der Waals surface area contributed by atoms with Crippen molar-refractivity contribution in [1.82, 2.24) is 19.1 Å². The van der Waals surface area contributed by atoms with Crippen LogP contribution in [0.1, 0.15) is 61.8 Å². The number of thioether (sulfide) groups is 1. The third kappa shape index (κ3) is 7.06. The van der Waals surface area contributed by atoms with Crippen molar-refractivity contribution in [3.63, 3.8) is 0 Å². The van der Waals surface area contributed by atoms with Gasteiger partial charge in [-0.3, -0.25) is 14.2 Å². The van der Waals surface area contributed by atoms with E-state index in [1.807, 2.05) is 6.07 Å². The molecule has 5 rings (SSSR count). The van der Waals surface area contributed by atoms with Crippen molar-refractivity contribution in [3.05, 3.63) is 54.1 Å². The van der Waals surface area contributed by atoms with E-state index >= 15 is 0 Å². The van der Waals surface area contributed by atoms with E-state index in [2.05, 4.69) is 20.1 Å². The molecule has 1 aliphatic heterocycles. The highest BCUT2D eigenvalue weighted by Gasteiger charge is 2.28. The molecule has 0 radical (unpaired) electrons. The number of anilines is 1. The van der Waals surface area contributed by atoms with Gasteiger partial charge in [0.1, 0.15) is 0 Å². The Hall–Kier alpha value is -3.06. The lowest BCUT2D eigenvalue weighted by atomic mass is 10.1. The van der Waals surface area contributed by atoms with Crippen LogP contribution < -0.4 is 5.32 Å². The van der Waals surface area contributed by atoms with Gasteiger partial charge in [-0.2, -0.15) is 4.31 Å². The predicted molar refractivity (Wildman–Crippen MR) is 158 cm³/mol. The third-order valence-electron chi connectivity index (χ3n) is 7.46. The van der Waals surface area contributed by atoms with E-state index in [1.54, 1.807) is 42.5 Å². The topological polar surface area (TPSA) is 123 Å². The number of aromatic nitrogens is 3. The number of morpholine rings is 1. The van der Waals surface area contributed by atoms with Crippen LogP contribution in [0.3, 0.4) is 0 Å². The number of hydrogen-bond donors (Lipinski definition) is 1. The Morgan fingerprint density at radius 2 is 1.71 bits per heavy atom. The fourth-order valence-corrected chi connectivity index (χ4v) is 7.52. The number of benzene rings is 2. The van der Waals surface area contributed by atoms with Gasteiger partial charge < -0.3 is 10.1 Å². The van der Waals surface area contributed by atoms with E-state index in [9.17, 15) is 18.0 Å². The number of ether oxygens (including phenoxy) is 1. The SMILES string of the molecule is CC(=O)c1ccc(NC(=O)CSc2nnc(-c3cccc(S(=O)(=O)N4CCOCC4)c3)n2C2CCCCCC2)cc1. The molecule has 10 nitrogen and oxygen atoms in total. The summed E-state index contributed by atoms with van der Waals surface area (Å²) in [4.78, 5) is 24.5. The van der Waals surface area contributed by atoms with Crippen LogP contribution in [0.25, 0.3) is 11.4 Å². The molecule has 2 aromatic carbocycles. The Bertz CT molecular complexity index is 1480. The van der Waals surface area contributed by atoms with Crippen LogP contribution in [-0.2, 0) is 19.6 Å². The summed E-state index contributed by atoms with van der Waals surface area (Å²) in [7, 11) is -3.67. The Labute approximate surface area is 244 Å². The van der Waals surface area contributed by atoms with Crippen molar-refractivity contribution in [2.45, 2.75) is 61.5 Å². The number of sulfonamides is 1. The van der Waals surface area contributed by atoms with Crippen molar-refractivity contribution in [1.29, 1.82) is 0 Å². The Kier molecular flexibility index (Phi) is 9.53. The van der Waals surface area contributed by atoms with Gasteiger partial charge in [0.2, 0.25) is 15.9 Å². The fourth-order valence-electron chi connectivity index (χ4n) is 5.26. The van der Waals surface area contributed by atoms with Gasteiger partial charge in [-0.05, 0) is 56.2 Å². The molecule has 3 aromatic rings. The van der Waals surface area contributed by atoms with Gasteiger partial charge in [0, 0.05) is 35.9 Å². The summed E-state index contributed by atoms with van der Waals surface area (Å²) in [6.07, 6.45) is 6.48. The van der Waals surface area contributed by atoms with Crippen molar-refractivity contribution < 1.29 is 22.7 Å². The van der Waals surface area contributed by atoms with Crippen molar-refractivity contribution in [2.75, 3.05) is 37.4 Å². The molecule has 1 amide bonds.